The number of hydrogen-bond acceptors (Lipinski definition) is 6. The van der Waals surface area contributed by atoms with Crippen molar-refractivity contribution >= 4 is 6.08 Å². The van der Waals surface area contributed by atoms with Gasteiger partial charge in [0.05, 0.1) is 12.6 Å². The van der Waals surface area contributed by atoms with Gasteiger partial charge in [0.1, 0.15) is 0 Å². The Labute approximate surface area is 141 Å². The molecule has 0 radical (unpaired) electrons. The monoisotopic (exact) mass is 329 g/mol. The molecule has 0 unspecified atom stereocenters. The summed E-state index contributed by atoms with van der Waals surface area (Å²) in [5, 5.41) is 4.03. The number of allylic oxidation sites excluding steroid dienone is 1. The predicted octanol–water partition coefficient (Wildman–Crippen LogP) is 3.42. The summed E-state index contributed by atoms with van der Waals surface area (Å²) < 4.78 is 16.4. The van der Waals surface area contributed by atoms with Crippen LogP contribution in [-0.2, 0) is 12.1 Å². The van der Waals surface area contributed by atoms with Crippen LogP contribution in [0.2, 0.25) is 0 Å². The van der Waals surface area contributed by atoms with E-state index in [1.54, 1.807) is 7.11 Å². The summed E-state index contributed by atoms with van der Waals surface area (Å²) in [6.45, 7) is 2.15. The molecule has 1 aromatic heterocycles. The molecular formula is C18H23N3O3. The molecule has 6 nitrogen and oxygen atoms in total. The van der Waals surface area contributed by atoms with Crippen LogP contribution in [0.3, 0.4) is 0 Å². The second kappa shape index (κ2) is 7.05. The normalized spacial score (nSPS) is 16.6. The quantitative estimate of drug-likeness (QED) is 0.874. The molecule has 1 heterocycles. The average Bonchev–Trinajstić information content (AvgIpc) is 3.24. The van der Waals surface area contributed by atoms with Crippen molar-refractivity contribution < 1.29 is 14.0 Å². The topological polar surface area (TPSA) is 83.4 Å². The molecule has 0 aliphatic heterocycles. The summed E-state index contributed by atoms with van der Waals surface area (Å²) in [5.41, 5.74) is 6.94. The molecule has 128 valence electrons. The number of benzene rings is 1. The molecule has 24 heavy (non-hydrogen) atoms. The van der Waals surface area contributed by atoms with Crippen LogP contribution in [-0.4, -0.2) is 17.3 Å². The van der Waals surface area contributed by atoms with Gasteiger partial charge >= 0.3 is 0 Å². The molecule has 0 atom stereocenters. The van der Waals surface area contributed by atoms with Crippen LogP contribution in [0.15, 0.2) is 28.8 Å². The minimum atomic E-state index is -0.451. The molecule has 3 rings (SSSR count). The third kappa shape index (κ3) is 3.43. The Morgan fingerprint density at radius 2 is 2.08 bits per heavy atom. The van der Waals surface area contributed by atoms with Crippen LogP contribution < -0.4 is 15.2 Å². The third-order valence-electron chi connectivity index (χ3n) is 4.31. The Morgan fingerprint density at radius 1 is 1.29 bits per heavy atom. The van der Waals surface area contributed by atoms with Gasteiger partial charge in [-0.2, -0.15) is 4.98 Å². The summed E-state index contributed by atoms with van der Waals surface area (Å²) in [6.07, 6.45) is 7.97. The van der Waals surface area contributed by atoms with Crippen molar-refractivity contribution in [3.05, 3.63) is 41.6 Å². The zero-order valence-corrected chi connectivity index (χ0v) is 14.1. The van der Waals surface area contributed by atoms with Crippen LogP contribution in [0.4, 0.5) is 0 Å². The number of hydrogen-bond donors (Lipinski definition) is 1. The Balaban J connectivity index is 1.69. The Morgan fingerprint density at radius 3 is 2.79 bits per heavy atom. The first-order valence-corrected chi connectivity index (χ1v) is 8.20. The van der Waals surface area contributed by atoms with Crippen LogP contribution in [0, 0.1) is 0 Å². The highest BCUT2D eigenvalue weighted by atomic mass is 16.5. The van der Waals surface area contributed by atoms with Gasteiger partial charge in [-0.15, -0.1) is 0 Å². The molecule has 0 saturated heterocycles. The molecule has 1 aliphatic carbocycles. The van der Waals surface area contributed by atoms with E-state index in [2.05, 4.69) is 10.1 Å². The van der Waals surface area contributed by atoms with Crippen molar-refractivity contribution in [3.8, 4) is 11.5 Å². The van der Waals surface area contributed by atoms with Crippen molar-refractivity contribution in [1.82, 2.24) is 10.1 Å². The van der Waals surface area contributed by atoms with Gasteiger partial charge in [0.15, 0.2) is 23.9 Å². The van der Waals surface area contributed by atoms with Gasteiger partial charge in [-0.25, -0.2) is 0 Å². The highest BCUT2D eigenvalue weighted by Gasteiger charge is 2.35. The van der Waals surface area contributed by atoms with E-state index in [9.17, 15) is 0 Å². The molecule has 6 heteroatoms. The molecular weight excluding hydrogens is 306 g/mol. The lowest BCUT2D eigenvalue weighted by molar-refractivity contribution is 0.232. The van der Waals surface area contributed by atoms with Crippen molar-refractivity contribution in [3.63, 3.8) is 0 Å². The number of methoxy groups -OCH3 is 1. The summed E-state index contributed by atoms with van der Waals surface area (Å²) in [7, 11) is 1.62. The van der Waals surface area contributed by atoms with E-state index in [0.29, 0.717) is 23.2 Å². The summed E-state index contributed by atoms with van der Waals surface area (Å²) in [5.74, 6) is 2.29. The maximum Gasteiger partial charge on any atom is 0.264 e. The van der Waals surface area contributed by atoms with E-state index in [1.807, 2.05) is 37.3 Å². The Hall–Kier alpha value is -2.34. The standard InChI is InChI=1S/C18H23N3O3/c1-3-6-13-7-8-14(15(11-13)22-2)23-12-16-20-17(21-24-16)18(19)9-4-5-10-18/h3,6-8,11H,4-5,9-10,12,19H2,1-2H3/b6-3+. The highest BCUT2D eigenvalue weighted by Crippen LogP contribution is 2.34. The average molecular weight is 329 g/mol. The van der Waals surface area contributed by atoms with E-state index in [-0.39, 0.29) is 6.61 Å². The van der Waals surface area contributed by atoms with E-state index in [4.69, 9.17) is 19.7 Å². The number of aromatic nitrogens is 2. The fourth-order valence-corrected chi connectivity index (χ4v) is 2.98. The molecule has 0 amide bonds. The van der Waals surface area contributed by atoms with E-state index >= 15 is 0 Å². The van der Waals surface area contributed by atoms with Gasteiger partial charge in [0.25, 0.3) is 5.89 Å². The van der Waals surface area contributed by atoms with Crippen molar-refractivity contribution in [2.24, 2.45) is 5.73 Å². The maximum absolute atomic E-state index is 6.34. The zero-order valence-electron chi connectivity index (χ0n) is 14.1. The highest BCUT2D eigenvalue weighted by molar-refractivity contribution is 5.55. The fourth-order valence-electron chi connectivity index (χ4n) is 2.98. The third-order valence-corrected chi connectivity index (χ3v) is 4.31. The minimum absolute atomic E-state index is 0.183. The lowest BCUT2D eigenvalue weighted by atomic mass is 9.99. The first-order chi connectivity index (χ1) is 11.6. The Bertz CT molecular complexity index is 718. The fraction of sp³-hybridized carbons (Fsp3) is 0.444. The largest absolute Gasteiger partial charge is 0.493 e. The number of nitrogens with zero attached hydrogens (tertiary/aromatic N) is 2. The summed E-state index contributed by atoms with van der Waals surface area (Å²) >= 11 is 0. The minimum Gasteiger partial charge on any atom is -0.493 e. The second-order valence-electron chi connectivity index (χ2n) is 6.07. The number of ether oxygens (including phenoxy) is 2. The van der Waals surface area contributed by atoms with Gasteiger partial charge in [0, 0.05) is 0 Å². The first kappa shape index (κ1) is 16.5. The molecule has 2 aromatic rings. The summed E-state index contributed by atoms with van der Waals surface area (Å²) in [6, 6.07) is 5.75. The van der Waals surface area contributed by atoms with Gasteiger partial charge in [0.2, 0.25) is 0 Å². The van der Waals surface area contributed by atoms with Crippen LogP contribution >= 0.6 is 0 Å². The van der Waals surface area contributed by atoms with Crippen molar-refractivity contribution in [2.45, 2.75) is 44.8 Å². The van der Waals surface area contributed by atoms with E-state index in [1.165, 1.54) is 0 Å². The van der Waals surface area contributed by atoms with Crippen molar-refractivity contribution in [2.75, 3.05) is 7.11 Å². The lowest BCUT2D eigenvalue weighted by Gasteiger charge is -2.17. The van der Waals surface area contributed by atoms with E-state index in [0.717, 1.165) is 31.2 Å². The zero-order chi connectivity index (χ0) is 17.0. The number of rotatable bonds is 6. The van der Waals surface area contributed by atoms with Crippen molar-refractivity contribution in [1.29, 1.82) is 0 Å². The molecule has 2 N–H and O–H groups in total. The number of nitrogens with two attached hydrogens (primary N) is 1. The van der Waals surface area contributed by atoms with Gasteiger partial charge in [-0.05, 0) is 37.5 Å². The molecule has 1 aromatic carbocycles. The maximum atomic E-state index is 6.34. The van der Waals surface area contributed by atoms with Crippen LogP contribution in [0.1, 0.15) is 49.9 Å². The molecule has 1 aliphatic rings. The van der Waals surface area contributed by atoms with E-state index < -0.39 is 5.54 Å². The smallest absolute Gasteiger partial charge is 0.264 e. The summed E-state index contributed by atoms with van der Waals surface area (Å²) in [4.78, 5) is 4.40. The predicted molar refractivity (Wildman–Crippen MR) is 90.7 cm³/mol. The molecule has 0 bridgehead atoms. The van der Waals surface area contributed by atoms with Gasteiger partial charge < -0.3 is 19.7 Å². The molecule has 1 fully saturated rings. The molecule has 1 saturated carbocycles. The second-order valence-corrected chi connectivity index (χ2v) is 6.07. The lowest BCUT2D eigenvalue weighted by Crippen LogP contribution is -2.34. The Kier molecular flexibility index (Phi) is 4.85. The SMILES string of the molecule is C/C=C/c1ccc(OCc2nc(C3(N)CCCC3)no2)c(OC)c1. The van der Waals surface area contributed by atoms with Gasteiger partial charge in [-0.1, -0.05) is 36.2 Å². The van der Waals surface area contributed by atoms with Crippen LogP contribution in [0.25, 0.3) is 6.08 Å². The molecule has 0 spiro atoms. The van der Waals surface area contributed by atoms with Gasteiger partial charge in [-0.3, -0.25) is 0 Å². The first-order valence-electron chi connectivity index (χ1n) is 8.20. The van der Waals surface area contributed by atoms with Crippen LogP contribution in [0.5, 0.6) is 11.5 Å².